The molecule has 0 N–H and O–H groups in total. The summed E-state index contributed by atoms with van der Waals surface area (Å²) in [4.78, 5) is 0.293. The minimum atomic E-state index is -3.40. The number of rotatable bonds is 5. The Kier molecular flexibility index (Phi) is 4.54. The van der Waals surface area contributed by atoms with Crippen molar-refractivity contribution in [3.8, 4) is 5.75 Å². The summed E-state index contributed by atoms with van der Waals surface area (Å²) in [6, 6.07) is 6.41. The van der Waals surface area contributed by atoms with Crippen molar-refractivity contribution < 1.29 is 13.2 Å². The highest BCUT2D eigenvalue weighted by Crippen LogP contribution is 2.20. The number of hydrogen-bond donors (Lipinski definition) is 0. The standard InChI is InChI=1S/C12H19NO3S/c1-5-10(2)13(3)17(14,15)12-8-6-11(16-4)7-9-12/h6-10H,5H2,1-4H3. The average Bonchev–Trinajstić information content (AvgIpc) is 2.36. The zero-order valence-corrected chi connectivity index (χ0v) is 11.5. The molecule has 0 aliphatic heterocycles. The van der Waals surface area contributed by atoms with Gasteiger partial charge in [-0.25, -0.2) is 8.42 Å². The van der Waals surface area contributed by atoms with Crippen LogP contribution in [-0.2, 0) is 10.0 Å². The molecule has 96 valence electrons. The zero-order valence-electron chi connectivity index (χ0n) is 10.7. The molecule has 4 nitrogen and oxygen atoms in total. The summed E-state index contributed by atoms with van der Waals surface area (Å²) in [5.74, 6) is 0.648. The molecule has 0 bridgehead atoms. The number of nitrogens with zero attached hydrogens (tertiary/aromatic N) is 1. The minimum absolute atomic E-state index is 0.0119. The fraction of sp³-hybridized carbons (Fsp3) is 0.500. The van der Waals surface area contributed by atoms with Crippen molar-refractivity contribution in [2.24, 2.45) is 0 Å². The third-order valence-electron chi connectivity index (χ3n) is 2.95. The van der Waals surface area contributed by atoms with E-state index in [2.05, 4.69) is 0 Å². The number of sulfonamides is 1. The third-order valence-corrected chi connectivity index (χ3v) is 4.93. The monoisotopic (exact) mass is 257 g/mol. The van der Waals surface area contributed by atoms with Crippen molar-refractivity contribution in [1.82, 2.24) is 4.31 Å². The van der Waals surface area contributed by atoms with Crippen LogP contribution in [0.15, 0.2) is 29.2 Å². The van der Waals surface area contributed by atoms with Gasteiger partial charge in [0.15, 0.2) is 0 Å². The van der Waals surface area contributed by atoms with Gasteiger partial charge in [-0.3, -0.25) is 0 Å². The molecule has 5 heteroatoms. The van der Waals surface area contributed by atoms with Crippen molar-refractivity contribution in [1.29, 1.82) is 0 Å². The van der Waals surface area contributed by atoms with Crippen LogP contribution in [0.5, 0.6) is 5.75 Å². The average molecular weight is 257 g/mol. The predicted octanol–water partition coefficient (Wildman–Crippen LogP) is 2.11. The van der Waals surface area contributed by atoms with E-state index in [1.165, 1.54) is 4.31 Å². The predicted molar refractivity (Wildman–Crippen MR) is 67.7 cm³/mol. The quantitative estimate of drug-likeness (QED) is 0.811. The lowest BCUT2D eigenvalue weighted by Crippen LogP contribution is -2.34. The second kappa shape index (κ2) is 5.51. The van der Waals surface area contributed by atoms with E-state index in [9.17, 15) is 8.42 Å². The highest BCUT2D eigenvalue weighted by atomic mass is 32.2. The summed E-state index contributed by atoms with van der Waals surface area (Å²) < 4.78 is 30.8. The summed E-state index contributed by atoms with van der Waals surface area (Å²) in [5, 5.41) is 0. The lowest BCUT2D eigenvalue weighted by Gasteiger charge is -2.23. The summed E-state index contributed by atoms with van der Waals surface area (Å²) in [5.41, 5.74) is 0. The molecule has 0 radical (unpaired) electrons. The molecule has 1 rings (SSSR count). The Hall–Kier alpha value is -1.07. The molecule has 0 aliphatic carbocycles. The fourth-order valence-electron chi connectivity index (χ4n) is 1.41. The van der Waals surface area contributed by atoms with Crippen LogP contribution in [0.2, 0.25) is 0 Å². The van der Waals surface area contributed by atoms with Crippen LogP contribution in [0.3, 0.4) is 0 Å². The topological polar surface area (TPSA) is 46.6 Å². The van der Waals surface area contributed by atoms with Crippen molar-refractivity contribution in [3.05, 3.63) is 24.3 Å². The van der Waals surface area contributed by atoms with Gasteiger partial charge in [-0.1, -0.05) is 6.92 Å². The first kappa shape index (κ1) is 14.0. The first-order valence-electron chi connectivity index (χ1n) is 5.55. The largest absolute Gasteiger partial charge is 0.497 e. The molecule has 0 spiro atoms. The minimum Gasteiger partial charge on any atom is -0.497 e. The summed E-state index contributed by atoms with van der Waals surface area (Å²) in [6.45, 7) is 3.85. The molecule has 0 amide bonds. The van der Waals surface area contributed by atoms with Gasteiger partial charge in [0.2, 0.25) is 10.0 Å². The Morgan fingerprint density at radius 1 is 1.29 bits per heavy atom. The highest BCUT2D eigenvalue weighted by Gasteiger charge is 2.24. The molecule has 0 fully saturated rings. The Morgan fingerprint density at radius 2 is 1.82 bits per heavy atom. The van der Waals surface area contributed by atoms with Gasteiger partial charge in [-0.2, -0.15) is 4.31 Å². The van der Waals surface area contributed by atoms with E-state index in [-0.39, 0.29) is 6.04 Å². The molecular weight excluding hydrogens is 238 g/mol. The Bertz CT molecular complexity index is 453. The van der Waals surface area contributed by atoms with Gasteiger partial charge in [0.25, 0.3) is 0 Å². The lowest BCUT2D eigenvalue weighted by atomic mass is 10.3. The molecule has 0 aliphatic rings. The smallest absolute Gasteiger partial charge is 0.243 e. The molecular formula is C12H19NO3S. The third kappa shape index (κ3) is 2.98. The van der Waals surface area contributed by atoms with E-state index in [0.29, 0.717) is 10.6 Å². The zero-order chi connectivity index (χ0) is 13.1. The first-order valence-corrected chi connectivity index (χ1v) is 6.99. The molecule has 0 aromatic heterocycles. The van der Waals surface area contributed by atoms with Gasteiger partial charge in [0.05, 0.1) is 12.0 Å². The van der Waals surface area contributed by atoms with E-state index < -0.39 is 10.0 Å². The first-order chi connectivity index (χ1) is 7.93. The maximum absolute atomic E-state index is 12.2. The molecule has 1 atom stereocenters. The molecule has 17 heavy (non-hydrogen) atoms. The Morgan fingerprint density at radius 3 is 2.24 bits per heavy atom. The molecule has 1 aromatic carbocycles. The highest BCUT2D eigenvalue weighted by molar-refractivity contribution is 7.89. The van der Waals surface area contributed by atoms with E-state index >= 15 is 0 Å². The lowest BCUT2D eigenvalue weighted by molar-refractivity contribution is 0.380. The molecule has 1 unspecified atom stereocenters. The molecule has 0 saturated carbocycles. The summed E-state index contributed by atoms with van der Waals surface area (Å²) in [6.07, 6.45) is 0.784. The van der Waals surface area contributed by atoms with Crippen LogP contribution in [0, 0.1) is 0 Å². The van der Waals surface area contributed by atoms with Gasteiger partial charge in [0.1, 0.15) is 5.75 Å². The van der Waals surface area contributed by atoms with Crippen LogP contribution in [0.25, 0.3) is 0 Å². The molecule has 0 saturated heterocycles. The second-order valence-electron chi connectivity index (χ2n) is 3.95. The van der Waals surface area contributed by atoms with E-state index in [1.807, 2.05) is 13.8 Å². The normalized spacial score (nSPS) is 13.7. The Balaban J connectivity index is 3.04. The van der Waals surface area contributed by atoms with Crippen LogP contribution in [-0.4, -0.2) is 32.9 Å². The second-order valence-corrected chi connectivity index (χ2v) is 5.95. The van der Waals surface area contributed by atoms with Gasteiger partial charge >= 0.3 is 0 Å². The SMILES string of the molecule is CCC(C)N(C)S(=O)(=O)c1ccc(OC)cc1. The summed E-state index contributed by atoms with van der Waals surface area (Å²) in [7, 11) is -0.242. The van der Waals surface area contributed by atoms with E-state index in [4.69, 9.17) is 4.74 Å². The number of hydrogen-bond acceptors (Lipinski definition) is 3. The van der Waals surface area contributed by atoms with E-state index in [0.717, 1.165) is 6.42 Å². The van der Waals surface area contributed by atoms with Gasteiger partial charge in [0, 0.05) is 13.1 Å². The Labute approximate surface area is 103 Å². The molecule has 1 aromatic rings. The maximum atomic E-state index is 12.2. The van der Waals surface area contributed by atoms with Crippen LogP contribution < -0.4 is 4.74 Å². The number of benzene rings is 1. The fourth-order valence-corrected chi connectivity index (χ4v) is 2.84. The van der Waals surface area contributed by atoms with Gasteiger partial charge in [-0.05, 0) is 37.6 Å². The van der Waals surface area contributed by atoms with Gasteiger partial charge < -0.3 is 4.74 Å². The van der Waals surface area contributed by atoms with Crippen LogP contribution in [0.1, 0.15) is 20.3 Å². The number of methoxy groups -OCH3 is 1. The van der Waals surface area contributed by atoms with Gasteiger partial charge in [-0.15, -0.1) is 0 Å². The van der Waals surface area contributed by atoms with E-state index in [1.54, 1.807) is 38.4 Å². The maximum Gasteiger partial charge on any atom is 0.243 e. The van der Waals surface area contributed by atoms with Crippen molar-refractivity contribution in [3.63, 3.8) is 0 Å². The van der Waals surface area contributed by atoms with Crippen LogP contribution in [0.4, 0.5) is 0 Å². The number of ether oxygens (including phenoxy) is 1. The molecule has 0 heterocycles. The van der Waals surface area contributed by atoms with Crippen LogP contribution >= 0.6 is 0 Å². The van der Waals surface area contributed by atoms with Crippen molar-refractivity contribution in [2.45, 2.75) is 31.2 Å². The van der Waals surface area contributed by atoms with Crippen molar-refractivity contribution >= 4 is 10.0 Å². The summed E-state index contributed by atoms with van der Waals surface area (Å²) >= 11 is 0. The van der Waals surface area contributed by atoms with Crippen molar-refractivity contribution in [2.75, 3.05) is 14.2 Å².